The summed E-state index contributed by atoms with van der Waals surface area (Å²) in [6.07, 6.45) is 5.18. The lowest BCUT2D eigenvalue weighted by atomic mass is 9.85. The number of epoxide rings is 1. The second kappa shape index (κ2) is 21.0. The van der Waals surface area contributed by atoms with Crippen LogP contribution in [0.2, 0.25) is 72.5 Å². The van der Waals surface area contributed by atoms with E-state index in [2.05, 4.69) is 182 Å². The molecule has 358 valence electrons. The van der Waals surface area contributed by atoms with Crippen LogP contribution in [0.4, 0.5) is 0 Å². The molecule has 1 aliphatic rings. The van der Waals surface area contributed by atoms with E-state index in [9.17, 15) is 5.11 Å². The Labute approximate surface area is 382 Å². The maximum atomic E-state index is 15.6. The van der Waals surface area contributed by atoms with Gasteiger partial charge in [0.2, 0.25) is 0 Å². The molecule has 1 saturated heterocycles. The highest BCUT2D eigenvalue weighted by Gasteiger charge is 2.51. The topological polar surface area (TPSA) is 86.8 Å². The summed E-state index contributed by atoms with van der Waals surface area (Å²) in [5, 5.41) is 10.4. The Morgan fingerprint density at radius 3 is 1.57 bits per heavy atom. The average molecular weight is 926 g/mol. The minimum Gasteiger partial charge on any atom is -0.413 e. The van der Waals surface area contributed by atoms with Gasteiger partial charge in [0.15, 0.2) is 39.1 Å². The molecule has 1 aliphatic heterocycles. The van der Waals surface area contributed by atoms with Crippen molar-refractivity contribution in [3.8, 4) is 0 Å². The van der Waals surface area contributed by atoms with Gasteiger partial charge in [-0.25, -0.2) is 0 Å². The molecule has 1 heterocycles. The van der Waals surface area contributed by atoms with Gasteiger partial charge in [-0.15, -0.1) is 6.58 Å². The quantitative estimate of drug-likeness (QED) is 0.0447. The summed E-state index contributed by atoms with van der Waals surface area (Å²) in [6, 6.07) is 0. The first-order valence-electron chi connectivity index (χ1n) is 23.5. The summed E-state index contributed by atoms with van der Waals surface area (Å²) < 4.78 is 35.4. The third-order valence-corrected chi connectivity index (χ3v) is 33.3. The zero-order chi connectivity index (χ0) is 48.3. The summed E-state index contributed by atoms with van der Waals surface area (Å²) in [6.45, 7) is 64.2. The van der Waals surface area contributed by atoms with Crippen molar-refractivity contribution >= 4 is 39.1 Å². The zero-order valence-electron chi connectivity index (χ0n) is 44.6. The van der Waals surface area contributed by atoms with Gasteiger partial charge in [-0.1, -0.05) is 121 Å². The zero-order valence-corrected chi connectivity index (χ0v) is 48.6. The molecule has 0 aliphatic carbocycles. The van der Waals surface area contributed by atoms with E-state index in [0.29, 0.717) is 18.8 Å². The van der Waals surface area contributed by atoms with Gasteiger partial charge < -0.3 is 27.5 Å². The maximum Gasteiger partial charge on any atom is 0.193 e. The average Bonchev–Trinajstić information content (AvgIpc) is 3.76. The number of carbonyl (C=O) groups excluding carboxylic acids is 1. The van der Waals surface area contributed by atoms with E-state index in [1.807, 2.05) is 13.0 Å². The van der Waals surface area contributed by atoms with Gasteiger partial charge in [0.05, 0.1) is 30.0 Å². The van der Waals surface area contributed by atoms with Crippen molar-refractivity contribution in [2.24, 2.45) is 11.8 Å². The van der Waals surface area contributed by atoms with E-state index in [1.54, 1.807) is 0 Å². The Kier molecular flexibility index (Phi) is 20.1. The van der Waals surface area contributed by atoms with Gasteiger partial charge in [0.1, 0.15) is 12.2 Å². The number of hydrogen-bond donors (Lipinski definition) is 1. The van der Waals surface area contributed by atoms with E-state index in [-0.39, 0.29) is 50.5 Å². The Bertz CT molecular complexity index is 1490. The minimum atomic E-state index is -2.52. The van der Waals surface area contributed by atoms with Crippen LogP contribution < -0.4 is 0 Å². The SMILES string of the molecule is C=C[C@@H]1O[C@H]1C[C@H](C)CC(=C)/C=C(\C)[C@@](C)(C[C@@H](CC(=O)[C@H](O[Si](C)(C)C(C)(C)C)[C@@H](O[Si](C)(C)C(C)(C)C)[C@H](C)C[C@H](C)O)O[Si](C)(C)C(C)(C)C)O[Si](C)(C)C(C)(C)C. The van der Waals surface area contributed by atoms with Crippen LogP contribution >= 0.6 is 0 Å². The molecular formula is C50H100O7Si4. The molecular weight excluding hydrogens is 825 g/mol. The van der Waals surface area contributed by atoms with Crippen LogP contribution in [-0.4, -0.2) is 86.4 Å². The number of hydrogen-bond acceptors (Lipinski definition) is 7. The maximum absolute atomic E-state index is 15.6. The molecule has 61 heavy (non-hydrogen) atoms. The first kappa shape index (κ1) is 58.5. The monoisotopic (exact) mass is 925 g/mol. The molecule has 0 unspecified atom stereocenters. The number of allylic oxidation sites excluding steroid dienone is 2. The van der Waals surface area contributed by atoms with Crippen LogP contribution in [0, 0.1) is 11.8 Å². The Balaban J connectivity index is 4.07. The minimum absolute atomic E-state index is 0.00403. The first-order chi connectivity index (χ1) is 26.9. The first-order valence-corrected chi connectivity index (χ1v) is 35.2. The highest BCUT2D eigenvalue weighted by atomic mass is 28.4. The fourth-order valence-electron chi connectivity index (χ4n) is 7.00. The van der Waals surface area contributed by atoms with Crippen molar-refractivity contribution < 1.29 is 32.3 Å². The van der Waals surface area contributed by atoms with Crippen molar-refractivity contribution in [1.82, 2.24) is 0 Å². The molecule has 0 aromatic heterocycles. The molecule has 11 heteroatoms. The second-order valence-electron chi connectivity index (χ2n) is 25.6. The van der Waals surface area contributed by atoms with Gasteiger partial charge in [-0.05, 0) is 130 Å². The van der Waals surface area contributed by atoms with Crippen molar-refractivity contribution in [2.45, 2.75) is 265 Å². The molecule has 1 rings (SSSR count). The number of aliphatic hydroxyl groups excluding tert-OH is 1. The Hall–Kier alpha value is -0.482. The summed E-state index contributed by atoms with van der Waals surface area (Å²) in [5.74, 6) is 0.277. The highest BCUT2D eigenvalue weighted by Crippen LogP contribution is 2.46. The number of rotatable bonds is 24. The Morgan fingerprint density at radius 1 is 0.721 bits per heavy atom. The molecule has 1 N–H and O–H groups in total. The van der Waals surface area contributed by atoms with Crippen molar-refractivity contribution in [3.05, 3.63) is 36.5 Å². The normalized spacial score (nSPS) is 21.8. The summed E-state index contributed by atoms with van der Waals surface area (Å²) >= 11 is 0. The van der Waals surface area contributed by atoms with Crippen LogP contribution in [0.25, 0.3) is 0 Å². The van der Waals surface area contributed by atoms with E-state index in [1.165, 1.54) is 0 Å². The lowest BCUT2D eigenvalue weighted by Gasteiger charge is -2.48. The van der Waals surface area contributed by atoms with E-state index >= 15 is 4.79 Å². The third kappa shape index (κ3) is 17.0. The van der Waals surface area contributed by atoms with Crippen LogP contribution in [-0.2, 0) is 27.2 Å². The summed E-state index contributed by atoms with van der Waals surface area (Å²) in [4.78, 5) is 15.6. The van der Waals surface area contributed by atoms with Gasteiger partial charge in [0.25, 0.3) is 0 Å². The van der Waals surface area contributed by atoms with Gasteiger partial charge >= 0.3 is 0 Å². The lowest BCUT2D eigenvalue weighted by Crippen LogP contribution is -2.57. The third-order valence-electron chi connectivity index (χ3n) is 15.3. The van der Waals surface area contributed by atoms with Crippen LogP contribution in [0.1, 0.15) is 150 Å². The molecule has 0 radical (unpaired) electrons. The molecule has 0 amide bonds. The molecule has 0 aromatic rings. The van der Waals surface area contributed by atoms with Crippen LogP contribution in [0.15, 0.2) is 36.5 Å². The molecule has 0 saturated carbocycles. The molecule has 1 fully saturated rings. The molecule has 0 bridgehead atoms. The fourth-order valence-corrected chi connectivity index (χ4v) is 12.7. The predicted molar refractivity (Wildman–Crippen MR) is 273 cm³/mol. The van der Waals surface area contributed by atoms with Crippen molar-refractivity contribution in [3.63, 3.8) is 0 Å². The largest absolute Gasteiger partial charge is 0.413 e. The van der Waals surface area contributed by atoms with Gasteiger partial charge in [0, 0.05) is 12.8 Å². The highest BCUT2D eigenvalue weighted by molar-refractivity contribution is 6.75. The van der Waals surface area contributed by atoms with E-state index in [4.69, 9.17) is 22.4 Å². The van der Waals surface area contributed by atoms with Crippen LogP contribution in [0.5, 0.6) is 0 Å². The molecule has 0 aromatic carbocycles. The fraction of sp³-hybridized carbons (Fsp3) is 0.860. The summed E-state index contributed by atoms with van der Waals surface area (Å²) in [7, 11) is -9.73. The molecule has 9 atom stereocenters. The van der Waals surface area contributed by atoms with E-state index < -0.39 is 63.3 Å². The van der Waals surface area contributed by atoms with Gasteiger partial charge in [-0.2, -0.15) is 0 Å². The molecule has 0 spiro atoms. The second-order valence-corrected chi connectivity index (χ2v) is 44.6. The standard InChI is InChI=1S/C50H100O7Si4/c1-28-42-43(53-42)31-36(3)29-35(2)30-38(5)50(19,57-61(26,27)49(16,17)18)34-40(54-58(20,21)46(7,8)9)33-41(52)45(56-60(24,25)48(13,14)15)44(37(4)32-39(6)51)55-59(22,23)47(10,11)12/h28,30,36-37,39-40,42-45,51H,1-2,29,31-34H2,3-27H3/b38-30+/t36-,37-,39+,40-,42+,43+,44+,45+,50-/m1/s1. The lowest BCUT2D eigenvalue weighted by molar-refractivity contribution is -0.135. The van der Waals surface area contributed by atoms with Crippen LogP contribution in [0.3, 0.4) is 0 Å². The Morgan fingerprint density at radius 2 is 1.16 bits per heavy atom. The number of aliphatic hydroxyl groups is 1. The van der Waals surface area contributed by atoms with E-state index in [0.717, 1.165) is 24.0 Å². The number of ether oxygens (including phenoxy) is 1. The van der Waals surface area contributed by atoms with Crippen molar-refractivity contribution in [1.29, 1.82) is 0 Å². The predicted octanol–water partition coefficient (Wildman–Crippen LogP) is 14.6. The van der Waals surface area contributed by atoms with Gasteiger partial charge in [-0.3, -0.25) is 4.79 Å². The number of Topliss-reactive ketones (excluding diaryl/α,β-unsaturated/α-hetero) is 1. The van der Waals surface area contributed by atoms with Crippen molar-refractivity contribution in [2.75, 3.05) is 0 Å². The number of ketones is 1. The smallest absolute Gasteiger partial charge is 0.193 e. The summed E-state index contributed by atoms with van der Waals surface area (Å²) in [5.41, 5.74) is 1.41. The number of carbonyl (C=O) groups is 1. The molecule has 7 nitrogen and oxygen atoms in total.